The van der Waals surface area contributed by atoms with Crippen LogP contribution in [0.1, 0.15) is 62.1 Å². The zero-order chi connectivity index (χ0) is 17.1. The van der Waals surface area contributed by atoms with E-state index in [-0.39, 0.29) is 5.97 Å². The van der Waals surface area contributed by atoms with Crippen molar-refractivity contribution in [2.75, 3.05) is 0 Å². The van der Waals surface area contributed by atoms with Crippen LogP contribution in [-0.2, 0) is 10.2 Å². The van der Waals surface area contributed by atoms with Crippen molar-refractivity contribution >= 4 is 5.97 Å². The highest BCUT2D eigenvalue weighted by Crippen LogP contribution is 2.61. The summed E-state index contributed by atoms with van der Waals surface area (Å²) in [5, 5.41) is 0. The van der Waals surface area contributed by atoms with Crippen LogP contribution in [0.3, 0.4) is 0 Å². The largest absolute Gasteiger partial charge is 0.423 e. The fraction of sp³-hybridized carbons (Fsp3) is 0.591. The predicted octanol–water partition coefficient (Wildman–Crippen LogP) is 5.25. The molecular weight excluding hydrogens is 296 g/mol. The third-order valence-corrected chi connectivity index (χ3v) is 6.65. The van der Waals surface area contributed by atoms with Crippen LogP contribution in [0, 0.1) is 31.6 Å². The summed E-state index contributed by atoms with van der Waals surface area (Å²) in [6, 6.07) is 4.59. The molecule has 1 aromatic rings. The summed E-state index contributed by atoms with van der Waals surface area (Å²) in [5.74, 6) is 3.22. The van der Waals surface area contributed by atoms with Crippen LogP contribution in [-0.4, -0.2) is 5.97 Å². The number of carbonyl (C=O) groups is 1. The number of carbonyl (C=O) groups excluding carboxylic acids is 1. The van der Waals surface area contributed by atoms with Crippen LogP contribution >= 0.6 is 0 Å². The van der Waals surface area contributed by atoms with E-state index in [4.69, 9.17) is 4.74 Å². The Labute approximate surface area is 145 Å². The zero-order valence-corrected chi connectivity index (χ0v) is 15.2. The lowest BCUT2D eigenvalue weighted by molar-refractivity contribution is -0.130. The molecule has 0 saturated heterocycles. The third-order valence-electron chi connectivity index (χ3n) is 6.65. The maximum absolute atomic E-state index is 11.9. The lowest BCUT2D eigenvalue weighted by atomic mass is 9.48. The average molecular weight is 324 g/mol. The summed E-state index contributed by atoms with van der Waals surface area (Å²) in [7, 11) is 0. The van der Waals surface area contributed by atoms with Gasteiger partial charge < -0.3 is 4.74 Å². The highest BCUT2D eigenvalue weighted by atomic mass is 16.5. The molecular formula is C22H28O2. The molecule has 0 atom stereocenters. The Morgan fingerprint density at radius 1 is 1.04 bits per heavy atom. The number of rotatable bonds is 3. The molecule has 0 radical (unpaired) electrons. The summed E-state index contributed by atoms with van der Waals surface area (Å²) >= 11 is 0. The van der Waals surface area contributed by atoms with E-state index < -0.39 is 0 Å². The van der Waals surface area contributed by atoms with E-state index in [0.717, 1.165) is 34.6 Å². The van der Waals surface area contributed by atoms with E-state index >= 15 is 0 Å². The number of hydrogen-bond acceptors (Lipinski definition) is 2. The minimum Gasteiger partial charge on any atom is -0.423 e. The summed E-state index contributed by atoms with van der Waals surface area (Å²) in [6.45, 7) is 9.51. The van der Waals surface area contributed by atoms with E-state index in [1.807, 2.05) is 0 Å². The van der Waals surface area contributed by atoms with Gasteiger partial charge in [0, 0.05) is 5.57 Å². The maximum Gasteiger partial charge on any atom is 0.338 e. The predicted molar refractivity (Wildman–Crippen MR) is 96.2 cm³/mol. The van der Waals surface area contributed by atoms with Crippen LogP contribution in [0.2, 0.25) is 0 Å². The van der Waals surface area contributed by atoms with E-state index in [9.17, 15) is 4.79 Å². The van der Waals surface area contributed by atoms with E-state index in [1.54, 1.807) is 6.92 Å². The Kier molecular flexibility index (Phi) is 3.63. The van der Waals surface area contributed by atoms with Crippen LogP contribution in [0.5, 0.6) is 5.75 Å². The first-order valence-corrected chi connectivity index (χ1v) is 9.36. The third kappa shape index (κ3) is 2.51. The molecule has 0 aliphatic heterocycles. The minimum atomic E-state index is -0.330. The van der Waals surface area contributed by atoms with Crippen molar-refractivity contribution in [3.8, 4) is 5.75 Å². The van der Waals surface area contributed by atoms with Gasteiger partial charge in [0.2, 0.25) is 0 Å². The fourth-order valence-corrected chi connectivity index (χ4v) is 6.06. The maximum atomic E-state index is 11.9. The normalized spacial score (nSPS) is 33.5. The highest BCUT2D eigenvalue weighted by Gasteiger charge is 2.51. The van der Waals surface area contributed by atoms with Gasteiger partial charge in [0.25, 0.3) is 0 Å². The van der Waals surface area contributed by atoms with Gasteiger partial charge in [-0.25, -0.2) is 4.79 Å². The van der Waals surface area contributed by atoms with Crippen molar-refractivity contribution < 1.29 is 9.53 Å². The van der Waals surface area contributed by atoms with Crippen molar-refractivity contribution in [1.29, 1.82) is 0 Å². The Balaban J connectivity index is 1.68. The number of hydrogen-bond donors (Lipinski definition) is 0. The van der Waals surface area contributed by atoms with Crippen molar-refractivity contribution in [2.24, 2.45) is 17.8 Å². The van der Waals surface area contributed by atoms with Gasteiger partial charge in [-0.1, -0.05) is 18.7 Å². The first-order chi connectivity index (χ1) is 11.4. The molecule has 0 unspecified atom stereocenters. The summed E-state index contributed by atoms with van der Waals surface area (Å²) < 4.78 is 5.57. The Morgan fingerprint density at radius 2 is 1.50 bits per heavy atom. The van der Waals surface area contributed by atoms with Crippen molar-refractivity contribution in [2.45, 2.75) is 64.7 Å². The van der Waals surface area contributed by atoms with Gasteiger partial charge in [-0.05, 0) is 99.2 Å². The van der Waals surface area contributed by atoms with Crippen LogP contribution in [0.4, 0.5) is 0 Å². The number of benzene rings is 1. The molecule has 4 bridgehead atoms. The molecule has 0 amide bonds. The molecule has 24 heavy (non-hydrogen) atoms. The topological polar surface area (TPSA) is 26.3 Å². The SMILES string of the molecule is C=C(C)C(=O)Oc1c(C)cc(C23CC4CC(CC(C4)C2)C3)cc1C. The van der Waals surface area contributed by atoms with Crippen LogP contribution in [0.25, 0.3) is 0 Å². The summed E-state index contributed by atoms with van der Waals surface area (Å²) in [6.07, 6.45) is 8.48. The van der Waals surface area contributed by atoms with Gasteiger partial charge in [-0.2, -0.15) is 0 Å². The van der Waals surface area contributed by atoms with Crippen molar-refractivity contribution in [1.82, 2.24) is 0 Å². The first-order valence-electron chi connectivity index (χ1n) is 9.36. The second-order valence-electron chi connectivity index (χ2n) is 8.81. The Bertz CT molecular complexity index is 654. The second-order valence-corrected chi connectivity index (χ2v) is 8.81. The van der Waals surface area contributed by atoms with Gasteiger partial charge in [0.05, 0.1) is 0 Å². The quantitative estimate of drug-likeness (QED) is 0.431. The molecule has 0 N–H and O–H groups in total. The summed E-state index contributed by atoms with van der Waals surface area (Å²) in [5.41, 5.74) is 4.48. The van der Waals surface area contributed by atoms with Gasteiger partial charge in [-0.15, -0.1) is 0 Å². The molecule has 2 nitrogen and oxygen atoms in total. The number of ether oxygens (including phenoxy) is 1. The molecule has 2 heteroatoms. The minimum absolute atomic E-state index is 0.330. The Morgan fingerprint density at radius 3 is 1.92 bits per heavy atom. The van der Waals surface area contributed by atoms with Gasteiger partial charge in [0.15, 0.2) is 0 Å². The Hall–Kier alpha value is -1.57. The molecule has 4 aliphatic rings. The summed E-state index contributed by atoms with van der Waals surface area (Å²) in [4.78, 5) is 11.9. The number of esters is 1. The van der Waals surface area contributed by atoms with Crippen molar-refractivity contribution in [3.05, 3.63) is 41.0 Å². The molecule has 0 heterocycles. The molecule has 5 rings (SSSR count). The van der Waals surface area contributed by atoms with E-state index in [1.165, 1.54) is 44.1 Å². The molecule has 0 aromatic heterocycles. The molecule has 1 aromatic carbocycles. The van der Waals surface area contributed by atoms with Crippen LogP contribution in [0.15, 0.2) is 24.3 Å². The first kappa shape index (κ1) is 15.9. The molecule has 0 spiro atoms. The molecule has 4 aliphatic carbocycles. The standard InChI is InChI=1S/C22H28O2/c1-13(2)21(23)24-20-14(3)5-19(6-15(20)4)22-10-16-7-17(11-22)9-18(8-16)12-22/h5-6,16-18H,1,7-12H2,2-4H3. The monoisotopic (exact) mass is 324 g/mol. The van der Waals surface area contributed by atoms with E-state index in [2.05, 4.69) is 32.6 Å². The van der Waals surface area contributed by atoms with Crippen LogP contribution < -0.4 is 4.74 Å². The molecule has 4 saturated carbocycles. The van der Waals surface area contributed by atoms with Gasteiger partial charge in [0.1, 0.15) is 5.75 Å². The lowest BCUT2D eigenvalue weighted by Gasteiger charge is -2.57. The highest BCUT2D eigenvalue weighted by molar-refractivity contribution is 5.89. The smallest absolute Gasteiger partial charge is 0.338 e. The molecule has 128 valence electrons. The van der Waals surface area contributed by atoms with Gasteiger partial charge >= 0.3 is 5.97 Å². The lowest BCUT2D eigenvalue weighted by Crippen LogP contribution is -2.48. The second kappa shape index (κ2) is 5.47. The fourth-order valence-electron chi connectivity index (χ4n) is 6.06. The molecule has 4 fully saturated rings. The zero-order valence-electron chi connectivity index (χ0n) is 15.2. The average Bonchev–Trinajstić information content (AvgIpc) is 2.49. The van der Waals surface area contributed by atoms with E-state index in [0.29, 0.717) is 11.0 Å². The van der Waals surface area contributed by atoms with Crippen molar-refractivity contribution in [3.63, 3.8) is 0 Å². The number of aryl methyl sites for hydroxylation is 2. The van der Waals surface area contributed by atoms with Gasteiger partial charge in [-0.3, -0.25) is 0 Å².